The van der Waals surface area contributed by atoms with Gasteiger partial charge in [0.25, 0.3) is 0 Å². The van der Waals surface area contributed by atoms with Gasteiger partial charge in [0, 0.05) is 45.4 Å². The molecule has 1 aromatic carbocycles. The second-order valence-corrected chi connectivity index (χ2v) is 5.53. The second-order valence-electron chi connectivity index (χ2n) is 5.10. The first-order chi connectivity index (χ1) is 10.7. The van der Waals surface area contributed by atoms with Crippen molar-refractivity contribution in [2.24, 2.45) is 4.99 Å². The molecule has 2 N–H and O–H groups in total. The Morgan fingerprint density at radius 2 is 1.86 bits per heavy atom. The molecule has 0 fully saturated rings. The van der Waals surface area contributed by atoms with E-state index in [9.17, 15) is 0 Å². The summed E-state index contributed by atoms with van der Waals surface area (Å²) >= 11 is 5.88. The van der Waals surface area contributed by atoms with Crippen LogP contribution < -0.4 is 10.6 Å². The number of benzene rings is 1. The average molecular weight is 327 g/mol. The maximum absolute atomic E-state index is 5.88. The number of nitrogens with zero attached hydrogens (tertiary/aromatic N) is 2. The van der Waals surface area contributed by atoms with Crippen molar-refractivity contribution in [1.82, 2.24) is 15.5 Å². The molecule has 0 spiro atoms. The Morgan fingerprint density at radius 1 is 1.18 bits per heavy atom. The third kappa shape index (κ3) is 8.22. The maximum Gasteiger partial charge on any atom is 0.191 e. The van der Waals surface area contributed by atoms with Crippen LogP contribution in [0.3, 0.4) is 0 Å². The lowest BCUT2D eigenvalue weighted by molar-refractivity contribution is 0.162. The topological polar surface area (TPSA) is 48.9 Å². The molecule has 0 bridgehead atoms. The lowest BCUT2D eigenvalue weighted by Gasteiger charge is -2.17. The van der Waals surface area contributed by atoms with E-state index in [0.717, 1.165) is 50.2 Å². The Bertz CT molecular complexity index is 436. The van der Waals surface area contributed by atoms with Gasteiger partial charge in [0.1, 0.15) is 0 Å². The van der Waals surface area contributed by atoms with Crippen LogP contribution in [0.1, 0.15) is 5.56 Å². The molecule has 22 heavy (non-hydrogen) atoms. The molecular formula is C16H27ClN4O. The van der Waals surface area contributed by atoms with Crippen LogP contribution in [-0.2, 0) is 11.2 Å². The number of likely N-dealkylation sites (N-methyl/N-ethyl adjacent to an activating group) is 1. The first-order valence-corrected chi connectivity index (χ1v) is 7.90. The molecule has 0 aromatic heterocycles. The Labute approximate surface area is 138 Å². The molecule has 0 amide bonds. The van der Waals surface area contributed by atoms with Crippen molar-refractivity contribution in [3.05, 3.63) is 34.9 Å². The highest BCUT2D eigenvalue weighted by atomic mass is 35.5. The molecule has 0 saturated heterocycles. The van der Waals surface area contributed by atoms with Crippen molar-refractivity contribution < 1.29 is 4.74 Å². The number of aliphatic imine (C=N–C) groups is 1. The highest BCUT2D eigenvalue weighted by Crippen LogP contribution is 2.09. The van der Waals surface area contributed by atoms with E-state index in [-0.39, 0.29) is 0 Å². The number of methoxy groups -OCH3 is 1. The molecule has 0 atom stereocenters. The first-order valence-electron chi connectivity index (χ1n) is 7.52. The molecule has 0 unspecified atom stereocenters. The van der Waals surface area contributed by atoms with Crippen molar-refractivity contribution in [3.8, 4) is 0 Å². The van der Waals surface area contributed by atoms with Crippen molar-refractivity contribution in [3.63, 3.8) is 0 Å². The van der Waals surface area contributed by atoms with E-state index < -0.39 is 0 Å². The second kappa shape index (κ2) is 11.3. The van der Waals surface area contributed by atoms with Crippen LogP contribution in [-0.4, -0.2) is 64.9 Å². The lowest BCUT2D eigenvalue weighted by atomic mass is 10.1. The summed E-state index contributed by atoms with van der Waals surface area (Å²) in [4.78, 5) is 6.44. The van der Waals surface area contributed by atoms with Gasteiger partial charge in [0.05, 0.1) is 6.61 Å². The van der Waals surface area contributed by atoms with E-state index in [1.54, 1.807) is 14.2 Å². The van der Waals surface area contributed by atoms with Crippen LogP contribution in [0.15, 0.2) is 29.3 Å². The summed E-state index contributed by atoms with van der Waals surface area (Å²) in [5, 5.41) is 7.39. The third-order valence-corrected chi connectivity index (χ3v) is 3.56. The van der Waals surface area contributed by atoms with Gasteiger partial charge >= 0.3 is 0 Å². The number of ether oxygens (including phenoxy) is 1. The van der Waals surface area contributed by atoms with E-state index >= 15 is 0 Å². The maximum atomic E-state index is 5.88. The Hall–Kier alpha value is -1.30. The van der Waals surface area contributed by atoms with Gasteiger partial charge in [-0.2, -0.15) is 0 Å². The quantitative estimate of drug-likeness (QED) is 0.535. The Morgan fingerprint density at radius 3 is 2.50 bits per heavy atom. The zero-order valence-electron chi connectivity index (χ0n) is 13.7. The van der Waals surface area contributed by atoms with Crippen LogP contribution in [0, 0.1) is 0 Å². The molecule has 0 radical (unpaired) electrons. The lowest BCUT2D eigenvalue weighted by Crippen LogP contribution is -2.42. The van der Waals surface area contributed by atoms with Crippen LogP contribution >= 0.6 is 11.6 Å². The SMILES string of the molecule is CN=C(NCCc1ccc(Cl)cc1)NCCN(C)CCOC. The van der Waals surface area contributed by atoms with Gasteiger partial charge in [-0.25, -0.2) is 0 Å². The molecule has 124 valence electrons. The molecule has 0 heterocycles. The standard InChI is InChI=1S/C16H27ClN4O/c1-18-16(20-10-11-21(2)12-13-22-3)19-9-8-14-4-6-15(17)7-5-14/h4-7H,8-13H2,1-3H3,(H2,18,19,20). The predicted molar refractivity (Wildman–Crippen MR) is 93.9 cm³/mol. The van der Waals surface area contributed by atoms with E-state index in [1.807, 2.05) is 24.3 Å². The number of hydrogen-bond donors (Lipinski definition) is 2. The molecule has 6 heteroatoms. The van der Waals surface area contributed by atoms with Gasteiger partial charge in [-0.15, -0.1) is 0 Å². The zero-order valence-corrected chi connectivity index (χ0v) is 14.5. The van der Waals surface area contributed by atoms with Gasteiger partial charge in [0.15, 0.2) is 5.96 Å². The highest BCUT2D eigenvalue weighted by molar-refractivity contribution is 6.30. The van der Waals surface area contributed by atoms with Gasteiger partial charge in [-0.05, 0) is 31.2 Å². The van der Waals surface area contributed by atoms with Crippen LogP contribution in [0.5, 0.6) is 0 Å². The monoisotopic (exact) mass is 326 g/mol. The summed E-state index contributed by atoms with van der Waals surface area (Å²) in [7, 11) is 5.59. The van der Waals surface area contributed by atoms with Gasteiger partial charge in [-0.3, -0.25) is 4.99 Å². The molecule has 0 aliphatic carbocycles. The number of halogens is 1. The minimum atomic E-state index is 0.755. The smallest absolute Gasteiger partial charge is 0.191 e. The van der Waals surface area contributed by atoms with Crippen molar-refractivity contribution in [1.29, 1.82) is 0 Å². The van der Waals surface area contributed by atoms with Crippen LogP contribution in [0.4, 0.5) is 0 Å². The van der Waals surface area contributed by atoms with E-state index in [0.29, 0.717) is 0 Å². The Balaban J connectivity index is 2.18. The average Bonchev–Trinajstić information content (AvgIpc) is 2.53. The minimum absolute atomic E-state index is 0.755. The van der Waals surface area contributed by atoms with Crippen molar-refractivity contribution >= 4 is 17.6 Å². The largest absolute Gasteiger partial charge is 0.383 e. The first kappa shape index (κ1) is 18.7. The van der Waals surface area contributed by atoms with Crippen LogP contribution in [0.25, 0.3) is 0 Å². The number of guanidine groups is 1. The van der Waals surface area contributed by atoms with E-state index in [2.05, 4.69) is 27.6 Å². The summed E-state index contributed by atoms with van der Waals surface area (Å²) in [6.07, 6.45) is 0.936. The summed E-state index contributed by atoms with van der Waals surface area (Å²) in [5.41, 5.74) is 1.26. The molecule has 0 saturated carbocycles. The molecule has 1 rings (SSSR count). The Kier molecular flexibility index (Phi) is 9.62. The van der Waals surface area contributed by atoms with Crippen LogP contribution in [0.2, 0.25) is 5.02 Å². The van der Waals surface area contributed by atoms with Crippen molar-refractivity contribution in [2.45, 2.75) is 6.42 Å². The van der Waals surface area contributed by atoms with Gasteiger partial charge < -0.3 is 20.3 Å². The van der Waals surface area contributed by atoms with E-state index in [4.69, 9.17) is 16.3 Å². The van der Waals surface area contributed by atoms with E-state index in [1.165, 1.54) is 5.56 Å². The fraction of sp³-hybridized carbons (Fsp3) is 0.562. The van der Waals surface area contributed by atoms with Crippen molar-refractivity contribution in [2.75, 3.05) is 54.0 Å². The fourth-order valence-corrected chi connectivity index (χ4v) is 2.05. The molecular weight excluding hydrogens is 300 g/mol. The predicted octanol–water partition coefficient (Wildman–Crippen LogP) is 1.63. The molecule has 5 nitrogen and oxygen atoms in total. The normalized spacial score (nSPS) is 11.8. The number of nitrogens with one attached hydrogen (secondary N) is 2. The molecule has 0 aliphatic heterocycles. The fourth-order valence-electron chi connectivity index (χ4n) is 1.92. The summed E-state index contributed by atoms with van der Waals surface area (Å²) in [5.74, 6) is 0.828. The molecule has 0 aliphatic rings. The summed E-state index contributed by atoms with van der Waals surface area (Å²) < 4.78 is 5.06. The van der Waals surface area contributed by atoms with Gasteiger partial charge in [0.2, 0.25) is 0 Å². The van der Waals surface area contributed by atoms with Gasteiger partial charge in [-0.1, -0.05) is 23.7 Å². The minimum Gasteiger partial charge on any atom is -0.383 e. The zero-order chi connectivity index (χ0) is 16.2. The molecule has 1 aromatic rings. The number of hydrogen-bond acceptors (Lipinski definition) is 3. The highest BCUT2D eigenvalue weighted by Gasteiger charge is 2.00. The summed E-state index contributed by atoms with van der Waals surface area (Å²) in [6.45, 7) is 4.31. The third-order valence-electron chi connectivity index (χ3n) is 3.31. The number of rotatable bonds is 9. The summed E-state index contributed by atoms with van der Waals surface area (Å²) in [6, 6.07) is 7.93.